The number of carbonyl (C=O) groups excluding carboxylic acids is 1. The summed E-state index contributed by atoms with van der Waals surface area (Å²) in [6, 6.07) is 12.8. The van der Waals surface area contributed by atoms with Crippen LogP contribution in [0.2, 0.25) is 5.02 Å². The highest BCUT2D eigenvalue weighted by molar-refractivity contribution is 6.34. The summed E-state index contributed by atoms with van der Waals surface area (Å²) >= 11 is 6.23. The molecule has 1 aliphatic rings. The van der Waals surface area contributed by atoms with E-state index in [2.05, 4.69) is 15.7 Å². The van der Waals surface area contributed by atoms with E-state index in [1.807, 2.05) is 36.5 Å². The number of amides is 1. The topological polar surface area (TPSA) is 77.4 Å². The molecule has 8 heteroatoms. The first-order valence-electron chi connectivity index (χ1n) is 8.42. The van der Waals surface area contributed by atoms with E-state index >= 15 is 0 Å². The molecule has 1 aliphatic heterocycles. The van der Waals surface area contributed by atoms with Gasteiger partial charge in [-0.3, -0.25) is 4.79 Å². The van der Waals surface area contributed by atoms with Crippen LogP contribution in [0.3, 0.4) is 0 Å². The van der Waals surface area contributed by atoms with Gasteiger partial charge in [-0.15, -0.1) is 0 Å². The number of rotatable bonds is 5. The number of hydrogen-bond acceptors (Lipinski definition) is 5. The quantitative estimate of drug-likeness (QED) is 0.705. The lowest BCUT2D eigenvalue weighted by Gasteiger charge is -2.20. The van der Waals surface area contributed by atoms with Crippen molar-refractivity contribution in [3.05, 3.63) is 59.9 Å². The normalized spacial score (nSPS) is 12.5. The third-order valence-corrected chi connectivity index (χ3v) is 4.31. The Labute approximate surface area is 160 Å². The lowest BCUT2D eigenvalue weighted by atomic mass is 10.2. The summed E-state index contributed by atoms with van der Waals surface area (Å²) in [7, 11) is 0. The maximum Gasteiger partial charge on any atom is 0.243 e. The SMILES string of the molecule is O=C(CNc1ccccc1-n1cccn1)Nc1cc2c(cc1Cl)OCCO2. The van der Waals surface area contributed by atoms with Gasteiger partial charge in [0.05, 0.1) is 28.6 Å². The first-order chi connectivity index (χ1) is 13.2. The van der Waals surface area contributed by atoms with Gasteiger partial charge in [-0.1, -0.05) is 23.7 Å². The number of aromatic nitrogens is 2. The van der Waals surface area contributed by atoms with Gasteiger partial charge >= 0.3 is 0 Å². The van der Waals surface area contributed by atoms with Crippen LogP contribution in [-0.4, -0.2) is 35.4 Å². The minimum absolute atomic E-state index is 0.0725. The van der Waals surface area contributed by atoms with Crippen molar-refractivity contribution in [2.45, 2.75) is 0 Å². The summed E-state index contributed by atoms with van der Waals surface area (Å²) in [5.74, 6) is 0.914. The third-order valence-electron chi connectivity index (χ3n) is 4.00. The minimum Gasteiger partial charge on any atom is -0.486 e. The summed E-state index contributed by atoms with van der Waals surface area (Å²) in [4.78, 5) is 12.4. The molecule has 2 heterocycles. The molecule has 138 valence electrons. The molecule has 1 amide bonds. The zero-order valence-corrected chi connectivity index (χ0v) is 15.1. The Kier molecular flexibility index (Phi) is 4.84. The number of fused-ring (bicyclic) bond motifs is 1. The Morgan fingerprint density at radius 2 is 1.89 bits per heavy atom. The Balaban J connectivity index is 1.44. The van der Waals surface area contributed by atoms with Gasteiger partial charge in [0.15, 0.2) is 11.5 Å². The molecule has 3 aromatic rings. The van der Waals surface area contributed by atoms with Crippen molar-refractivity contribution in [3.8, 4) is 17.2 Å². The molecule has 0 spiro atoms. The molecule has 0 atom stereocenters. The number of halogens is 1. The van der Waals surface area contributed by atoms with Crippen molar-refractivity contribution in [2.75, 3.05) is 30.4 Å². The number of hydrogen-bond donors (Lipinski definition) is 2. The van der Waals surface area contributed by atoms with Gasteiger partial charge in [0.2, 0.25) is 5.91 Å². The second-order valence-electron chi connectivity index (χ2n) is 5.85. The molecule has 0 bridgehead atoms. The van der Waals surface area contributed by atoms with Crippen LogP contribution in [0.4, 0.5) is 11.4 Å². The van der Waals surface area contributed by atoms with Crippen molar-refractivity contribution in [2.24, 2.45) is 0 Å². The van der Waals surface area contributed by atoms with Crippen molar-refractivity contribution < 1.29 is 14.3 Å². The van der Waals surface area contributed by atoms with E-state index in [0.717, 1.165) is 11.4 Å². The largest absolute Gasteiger partial charge is 0.486 e. The minimum atomic E-state index is -0.233. The van der Waals surface area contributed by atoms with Crippen LogP contribution in [0, 0.1) is 0 Å². The Morgan fingerprint density at radius 1 is 1.11 bits per heavy atom. The first kappa shape index (κ1) is 17.2. The van der Waals surface area contributed by atoms with Gasteiger partial charge in [0.1, 0.15) is 13.2 Å². The number of para-hydroxylation sites is 2. The predicted molar refractivity (Wildman–Crippen MR) is 103 cm³/mol. The maximum absolute atomic E-state index is 12.4. The molecule has 2 N–H and O–H groups in total. The van der Waals surface area contributed by atoms with Gasteiger partial charge in [-0.2, -0.15) is 5.10 Å². The van der Waals surface area contributed by atoms with Crippen LogP contribution in [0.25, 0.3) is 5.69 Å². The Bertz CT molecular complexity index is 960. The average molecular weight is 385 g/mol. The van der Waals surface area contributed by atoms with E-state index in [1.54, 1.807) is 23.0 Å². The van der Waals surface area contributed by atoms with E-state index in [4.69, 9.17) is 21.1 Å². The summed E-state index contributed by atoms with van der Waals surface area (Å²) in [5, 5.41) is 10.5. The highest BCUT2D eigenvalue weighted by atomic mass is 35.5. The van der Waals surface area contributed by atoms with Crippen LogP contribution in [0.1, 0.15) is 0 Å². The highest BCUT2D eigenvalue weighted by Crippen LogP contribution is 2.37. The van der Waals surface area contributed by atoms with Crippen molar-refractivity contribution in [1.82, 2.24) is 9.78 Å². The second-order valence-corrected chi connectivity index (χ2v) is 6.25. The molecular weight excluding hydrogens is 368 g/mol. The van der Waals surface area contributed by atoms with E-state index in [9.17, 15) is 4.79 Å². The maximum atomic E-state index is 12.4. The van der Waals surface area contributed by atoms with Crippen LogP contribution in [0.15, 0.2) is 54.9 Å². The first-order valence-corrected chi connectivity index (χ1v) is 8.80. The monoisotopic (exact) mass is 384 g/mol. The molecule has 27 heavy (non-hydrogen) atoms. The van der Waals surface area contributed by atoms with Crippen LogP contribution in [0.5, 0.6) is 11.5 Å². The molecule has 0 fully saturated rings. The number of nitrogens with one attached hydrogen (secondary N) is 2. The van der Waals surface area contributed by atoms with Gasteiger partial charge in [0, 0.05) is 24.5 Å². The molecule has 0 saturated carbocycles. The van der Waals surface area contributed by atoms with Gasteiger partial charge in [-0.25, -0.2) is 4.68 Å². The molecule has 0 radical (unpaired) electrons. The predicted octanol–water partition coefficient (Wildman–Crippen LogP) is 3.35. The van der Waals surface area contributed by atoms with Crippen molar-refractivity contribution >= 4 is 28.9 Å². The Morgan fingerprint density at radius 3 is 2.67 bits per heavy atom. The number of carbonyl (C=O) groups is 1. The molecule has 4 rings (SSSR count). The summed E-state index contributed by atoms with van der Waals surface area (Å²) in [6.07, 6.45) is 3.54. The van der Waals surface area contributed by atoms with Crippen molar-refractivity contribution in [1.29, 1.82) is 0 Å². The van der Waals surface area contributed by atoms with Crippen molar-refractivity contribution in [3.63, 3.8) is 0 Å². The lowest BCUT2D eigenvalue weighted by Crippen LogP contribution is -2.23. The number of nitrogens with zero attached hydrogens (tertiary/aromatic N) is 2. The molecule has 7 nitrogen and oxygen atoms in total. The van der Waals surface area contributed by atoms with E-state index in [1.165, 1.54) is 0 Å². The molecule has 0 unspecified atom stereocenters. The third kappa shape index (κ3) is 3.83. The van der Waals surface area contributed by atoms with E-state index in [0.29, 0.717) is 35.4 Å². The molecule has 0 aliphatic carbocycles. The van der Waals surface area contributed by atoms with Crippen LogP contribution < -0.4 is 20.1 Å². The standard InChI is InChI=1S/C19H17ClN4O3/c20-13-10-17-18(27-9-8-26-17)11-15(13)23-19(25)12-21-14-4-1-2-5-16(14)24-7-3-6-22-24/h1-7,10-11,21H,8-9,12H2,(H,23,25). The molecule has 1 aromatic heterocycles. The van der Waals surface area contributed by atoms with E-state index in [-0.39, 0.29) is 12.5 Å². The zero-order chi connectivity index (χ0) is 18.6. The fourth-order valence-corrected chi connectivity index (χ4v) is 2.96. The smallest absolute Gasteiger partial charge is 0.243 e. The lowest BCUT2D eigenvalue weighted by molar-refractivity contribution is -0.114. The number of benzene rings is 2. The van der Waals surface area contributed by atoms with Gasteiger partial charge in [-0.05, 0) is 18.2 Å². The number of ether oxygens (including phenoxy) is 2. The average Bonchev–Trinajstić information content (AvgIpc) is 3.22. The molecular formula is C19H17ClN4O3. The summed E-state index contributed by atoms with van der Waals surface area (Å²) in [6.45, 7) is 1.02. The Hall–Kier alpha value is -3.19. The fourth-order valence-electron chi connectivity index (χ4n) is 2.76. The van der Waals surface area contributed by atoms with Gasteiger partial charge in [0.25, 0.3) is 0 Å². The highest BCUT2D eigenvalue weighted by Gasteiger charge is 2.16. The summed E-state index contributed by atoms with van der Waals surface area (Å²) < 4.78 is 12.7. The van der Waals surface area contributed by atoms with Crippen LogP contribution >= 0.6 is 11.6 Å². The fraction of sp³-hybridized carbons (Fsp3) is 0.158. The second kappa shape index (κ2) is 7.59. The molecule has 2 aromatic carbocycles. The van der Waals surface area contributed by atoms with Gasteiger partial charge < -0.3 is 20.1 Å². The molecule has 0 saturated heterocycles. The number of anilines is 2. The zero-order valence-electron chi connectivity index (χ0n) is 14.3. The van der Waals surface area contributed by atoms with E-state index < -0.39 is 0 Å². The summed E-state index contributed by atoms with van der Waals surface area (Å²) in [5.41, 5.74) is 2.13. The van der Waals surface area contributed by atoms with Crippen LogP contribution in [-0.2, 0) is 4.79 Å².